The molecule has 2 fully saturated rings. The second-order valence-corrected chi connectivity index (χ2v) is 15.5. The molecule has 0 aliphatic carbocycles. The Balaban J connectivity index is 2.00. The molecule has 316 valence electrons. The van der Waals surface area contributed by atoms with Gasteiger partial charge in [0.1, 0.15) is 36.8 Å². The van der Waals surface area contributed by atoms with Crippen LogP contribution in [0.1, 0.15) is 67.2 Å². The van der Waals surface area contributed by atoms with Gasteiger partial charge in [0.25, 0.3) is 0 Å². The van der Waals surface area contributed by atoms with Gasteiger partial charge in [-0.3, -0.25) is 4.79 Å². The van der Waals surface area contributed by atoms with E-state index in [2.05, 4.69) is 5.16 Å². The number of aliphatic hydroxyl groups excluding tert-OH is 4. The Labute approximate surface area is 325 Å². The zero-order valence-electron chi connectivity index (χ0n) is 34.0. The SMILES string of the molecule is CC[C@H]1OC(=O)C[C@@H](O)[C@H](C)[C@@H](O[C@@H]2O[C@H](C)[C@@H](O)[C@H](N(C)C)[C@H]2O)[C@@H](CC=O)C[C@@H](C)C(=N\O)/C=C/C(C)=C/[C@@H]1CO[C@@H]1O[C@H](C)[C@@H](O)[C@@H](OC)[C@H]1OC. The zero-order chi connectivity index (χ0) is 41.1. The molecule has 0 radical (unpaired) electrons. The number of aliphatic hydroxyl groups is 4. The van der Waals surface area contributed by atoms with E-state index in [1.165, 1.54) is 14.2 Å². The van der Waals surface area contributed by atoms with Crippen molar-refractivity contribution in [1.29, 1.82) is 0 Å². The van der Waals surface area contributed by atoms with Crippen molar-refractivity contribution in [2.24, 2.45) is 28.8 Å². The molecule has 3 heterocycles. The van der Waals surface area contributed by atoms with Gasteiger partial charge in [-0.05, 0) is 59.7 Å². The number of hydrogen-bond acceptors (Lipinski definition) is 16. The van der Waals surface area contributed by atoms with E-state index in [0.29, 0.717) is 12.1 Å². The summed E-state index contributed by atoms with van der Waals surface area (Å²) in [7, 11) is 6.38. The molecule has 0 aromatic carbocycles. The zero-order valence-corrected chi connectivity index (χ0v) is 34.0. The molecule has 3 aliphatic rings. The first kappa shape index (κ1) is 47.0. The number of allylic oxidation sites excluding steroid dienone is 3. The van der Waals surface area contributed by atoms with Gasteiger partial charge in [-0.1, -0.05) is 43.7 Å². The van der Waals surface area contributed by atoms with Crippen molar-refractivity contribution in [1.82, 2.24) is 4.90 Å². The largest absolute Gasteiger partial charge is 0.462 e. The molecular weight excluding hydrogens is 720 g/mol. The van der Waals surface area contributed by atoms with Gasteiger partial charge in [-0.2, -0.15) is 0 Å². The van der Waals surface area contributed by atoms with Crippen molar-refractivity contribution in [2.75, 3.05) is 34.9 Å². The Morgan fingerprint density at radius 2 is 1.56 bits per heavy atom. The van der Waals surface area contributed by atoms with Crippen molar-refractivity contribution in [2.45, 2.75) is 147 Å². The van der Waals surface area contributed by atoms with E-state index in [0.717, 1.165) is 11.9 Å². The van der Waals surface area contributed by atoms with E-state index in [1.807, 2.05) is 26.8 Å². The number of ether oxygens (including phenoxy) is 7. The van der Waals surface area contributed by atoms with Gasteiger partial charge in [0.15, 0.2) is 12.6 Å². The molecule has 0 saturated carbocycles. The van der Waals surface area contributed by atoms with Gasteiger partial charge in [0.2, 0.25) is 0 Å². The molecule has 17 atom stereocenters. The summed E-state index contributed by atoms with van der Waals surface area (Å²) >= 11 is 0. The molecule has 3 rings (SSSR count). The molecular formula is C39H66N2O14. The second-order valence-electron chi connectivity index (χ2n) is 15.5. The Morgan fingerprint density at radius 1 is 0.927 bits per heavy atom. The summed E-state index contributed by atoms with van der Waals surface area (Å²) in [5.74, 6) is -2.97. The van der Waals surface area contributed by atoms with Crippen LogP contribution in [-0.2, 0) is 42.7 Å². The lowest BCUT2D eigenvalue weighted by Gasteiger charge is -2.46. The number of methoxy groups -OCH3 is 2. The van der Waals surface area contributed by atoms with E-state index in [1.54, 1.807) is 51.9 Å². The minimum absolute atomic E-state index is 0.00688. The first-order chi connectivity index (χ1) is 26.0. The van der Waals surface area contributed by atoms with Crippen LogP contribution < -0.4 is 0 Å². The second kappa shape index (κ2) is 22.0. The fourth-order valence-electron chi connectivity index (χ4n) is 7.90. The first-order valence-electron chi connectivity index (χ1n) is 19.3. The molecule has 5 N–H and O–H groups in total. The predicted octanol–water partition coefficient (Wildman–Crippen LogP) is 1.82. The van der Waals surface area contributed by atoms with Gasteiger partial charge in [0, 0.05) is 38.4 Å². The summed E-state index contributed by atoms with van der Waals surface area (Å²) in [6.07, 6.45) is -4.89. The van der Waals surface area contributed by atoms with E-state index in [9.17, 15) is 35.2 Å². The third kappa shape index (κ3) is 12.1. The Hall–Kier alpha value is -2.35. The standard InChI is InChI=1S/C39H66N2O14/c1-11-29-26(19-51-39-37(50-10)36(49-9)33(46)24(6)53-39)16-20(2)12-13-27(40-48)21(3)17-25(14-15-42)35(22(4)28(43)18-30(44)54-29)55-38-34(47)31(41(7)8)32(45)23(5)52-38/h12-13,15-16,21-26,28-29,31-39,43,45-48H,11,14,17-19H2,1-10H3/b13-12+,20-16+,40-27-/t21-,22+,23-,24-,25+,26-,28-,29-,31+,32-,33-,34-,35-,36-,37-,38+,39-/m1/s1. The fourth-order valence-corrected chi connectivity index (χ4v) is 7.90. The highest BCUT2D eigenvalue weighted by Gasteiger charge is 2.48. The number of nitrogens with zero attached hydrogens (tertiary/aromatic N) is 2. The number of hydrogen-bond donors (Lipinski definition) is 5. The minimum atomic E-state index is -1.31. The number of likely N-dealkylation sites (N-methyl/N-ethyl adjacent to an activating group) is 1. The average molecular weight is 787 g/mol. The Bertz CT molecular complexity index is 1300. The van der Waals surface area contributed by atoms with Gasteiger partial charge in [-0.15, -0.1) is 0 Å². The first-order valence-corrected chi connectivity index (χ1v) is 19.3. The summed E-state index contributed by atoms with van der Waals surface area (Å²) in [6, 6.07) is -0.738. The highest BCUT2D eigenvalue weighted by molar-refractivity contribution is 5.96. The number of cyclic esters (lactones) is 1. The van der Waals surface area contributed by atoms with Gasteiger partial charge >= 0.3 is 5.97 Å². The molecule has 0 aromatic heterocycles. The molecule has 0 unspecified atom stereocenters. The van der Waals surface area contributed by atoms with Crippen LogP contribution >= 0.6 is 0 Å². The highest BCUT2D eigenvalue weighted by Crippen LogP contribution is 2.35. The lowest BCUT2D eigenvalue weighted by atomic mass is 9.79. The van der Waals surface area contributed by atoms with E-state index < -0.39 is 116 Å². The minimum Gasteiger partial charge on any atom is -0.462 e. The number of esters is 1. The van der Waals surface area contributed by atoms with Crippen LogP contribution in [0.4, 0.5) is 0 Å². The monoisotopic (exact) mass is 786 g/mol. The molecule has 16 nitrogen and oxygen atoms in total. The fraction of sp³-hybridized carbons (Fsp3) is 0.821. The van der Waals surface area contributed by atoms with Crippen LogP contribution in [-0.4, -0.2) is 163 Å². The quantitative estimate of drug-likeness (QED) is 0.0875. The third-order valence-corrected chi connectivity index (χ3v) is 11.2. The topological polar surface area (TPSA) is 215 Å². The Kier molecular flexibility index (Phi) is 18.8. The van der Waals surface area contributed by atoms with Gasteiger partial charge < -0.3 is 68.5 Å². The molecule has 2 saturated heterocycles. The number of carbonyl (C=O) groups excluding carboxylic acids is 2. The van der Waals surface area contributed by atoms with Crippen LogP contribution in [0.3, 0.4) is 0 Å². The average Bonchev–Trinajstić information content (AvgIpc) is 3.13. The summed E-state index contributed by atoms with van der Waals surface area (Å²) in [5, 5.41) is 58.1. The highest BCUT2D eigenvalue weighted by atomic mass is 16.7. The van der Waals surface area contributed by atoms with Crippen LogP contribution in [0.25, 0.3) is 0 Å². The van der Waals surface area contributed by atoms with E-state index in [4.69, 9.17) is 33.2 Å². The van der Waals surface area contributed by atoms with Gasteiger partial charge in [0.05, 0.1) is 55.3 Å². The summed E-state index contributed by atoms with van der Waals surface area (Å²) in [6.45, 7) is 10.6. The molecule has 0 bridgehead atoms. The smallest absolute Gasteiger partial charge is 0.308 e. The predicted molar refractivity (Wildman–Crippen MR) is 200 cm³/mol. The normalized spacial score (nSPS) is 43.8. The lowest BCUT2D eigenvalue weighted by molar-refractivity contribution is -0.304. The lowest BCUT2D eigenvalue weighted by Crippen LogP contribution is -2.63. The number of oxime groups is 1. The molecule has 0 amide bonds. The summed E-state index contributed by atoms with van der Waals surface area (Å²) in [4.78, 5) is 27.4. The van der Waals surface area contributed by atoms with Crippen molar-refractivity contribution in [3.8, 4) is 0 Å². The molecule has 55 heavy (non-hydrogen) atoms. The maximum Gasteiger partial charge on any atom is 0.308 e. The number of carbonyl (C=O) groups is 2. The third-order valence-electron chi connectivity index (χ3n) is 11.2. The van der Waals surface area contributed by atoms with Crippen LogP contribution in [0.2, 0.25) is 0 Å². The van der Waals surface area contributed by atoms with Crippen molar-refractivity contribution in [3.63, 3.8) is 0 Å². The molecule has 3 aliphatic heterocycles. The Morgan fingerprint density at radius 3 is 2.15 bits per heavy atom. The summed E-state index contributed by atoms with van der Waals surface area (Å²) in [5.41, 5.74) is 1.06. The number of aldehydes is 1. The van der Waals surface area contributed by atoms with Crippen LogP contribution in [0, 0.1) is 23.7 Å². The number of rotatable bonds is 11. The molecule has 0 aromatic rings. The van der Waals surface area contributed by atoms with Crippen molar-refractivity contribution in [3.05, 3.63) is 23.8 Å². The molecule has 16 heteroatoms. The molecule has 0 spiro atoms. The maximum atomic E-state index is 13.6. The van der Waals surface area contributed by atoms with Crippen molar-refractivity contribution >= 4 is 18.0 Å². The van der Waals surface area contributed by atoms with Crippen LogP contribution in [0.5, 0.6) is 0 Å². The van der Waals surface area contributed by atoms with E-state index in [-0.39, 0.29) is 19.4 Å². The maximum absolute atomic E-state index is 13.6. The summed E-state index contributed by atoms with van der Waals surface area (Å²) < 4.78 is 41.8. The van der Waals surface area contributed by atoms with Gasteiger partial charge in [-0.25, -0.2) is 0 Å². The van der Waals surface area contributed by atoms with Crippen LogP contribution in [0.15, 0.2) is 29.0 Å². The van der Waals surface area contributed by atoms with E-state index >= 15 is 0 Å². The van der Waals surface area contributed by atoms with Crippen molar-refractivity contribution < 1.29 is 68.4 Å².